The first-order chi connectivity index (χ1) is 13.3. The molecular weight excluding hydrogens is 336 g/mol. The molecule has 0 unspecified atom stereocenters. The smallest absolute Gasteiger partial charge is 0.119 e. The van der Waals surface area contributed by atoms with E-state index in [1.807, 2.05) is 12.4 Å². The van der Waals surface area contributed by atoms with Crippen molar-refractivity contribution in [2.45, 2.75) is 31.0 Å². The van der Waals surface area contributed by atoms with Crippen LogP contribution in [-0.2, 0) is 12.0 Å². The number of aromatic nitrogens is 2. The normalized spacial score (nSPS) is 29.5. The Morgan fingerprint density at radius 1 is 1.19 bits per heavy atom. The summed E-state index contributed by atoms with van der Waals surface area (Å²) in [5, 5.41) is 1.34. The van der Waals surface area contributed by atoms with Crippen LogP contribution < -0.4 is 4.74 Å². The van der Waals surface area contributed by atoms with Gasteiger partial charge in [-0.2, -0.15) is 0 Å². The van der Waals surface area contributed by atoms with Gasteiger partial charge < -0.3 is 9.72 Å². The maximum absolute atomic E-state index is 5.49. The molecule has 0 aliphatic carbocycles. The molecule has 5 heteroatoms. The fourth-order valence-corrected chi connectivity index (χ4v) is 5.75. The Morgan fingerprint density at radius 3 is 2.85 bits per heavy atom. The number of nitrogens with zero attached hydrogens (tertiary/aromatic N) is 3. The van der Waals surface area contributed by atoms with E-state index in [0.717, 1.165) is 31.8 Å². The lowest BCUT2D eigenvalue weighted by Crippen LogP contribution is -2.66. The van der Waals surface area contributed by atoms with Gasteiger partial charge in [-0.3, -0.25) is 14.8 Å². The lowest BCUT2D eigenvalue weighted by molar-refractivity contribution is -0.149. The second-order valence-electron chi connectivity index (χ2n) is 8.06. The van der Waals surface area contributed by atoms with Crippen molar-refractivity contribution in [2.24, 2.45) is 0 Å². The predicted molar refractivity (Wildman–Crippen MR) is 105 cm³/mol. The standard InChI is InChI=1S/C22H24N4O/c1-27-16-4-5-19-18(13-16)17-6-10-26-21(15-3-2-9-23-14-15)25-11-7-22(26,8-12-25)20(17)24-19/h2-5,9,13-14,21,24H,6-8,10-12H2,1H3/t21-/m0/s1. The summed E-state index contributed by atoms with van der Waals surface area (Å²) in [6.45, 7) is 3.38. The Kier molecular flexibility index (Phi) is 3.23. The predicted octanol–water partition coefficient (Wildman–Crippen LogP) is 3.43. The highest BCUT2D eigenvalue weighted by Gasteiger charge is 2.55. The van der Waals surface area contributed by atoms with E-state index in [1.165, 1.54) is 40.6 Å². The average molecular weight is 360 g/mol. The van der Waals surface area contributed by atoms with Gasteiger partial charge in [0.1, 0.15) is 5.75 Å². The number of pyridine rings is 1. The van der Waals surface area contributed by atoms with E-state index >= 15 is 0 Å². The van der Waals surface area contributed by atoms with Crippen LogP contribution in [0.2, 0.25) is 0 Å². The number of benzene rings is 1. The first kappa shape index (κ1) is 15.7. The molecule has 27 heavy (non-hydrogen) atoms. The summed E-state index contributed by atoms with van der Waals surface area (Å²) in [4.78, 5) is 13.6. The third-order valence-corrected chi connectivity index (χ3v) is 6.98. The van der Waals surface area contributed by atoms with Gasteiger partial charge in [0.05, 0.1) is 18.8 Å². The van der Waals surface area contributed by atoms with E-state index < -0.39 is 0 Å². The van der Waals surface area contributed by atoms with Crippen molar-refractivity contribution in [1.82, 2.24) is 19.8 Å². The molecule has 1 spiro atoms. The van der Waals surface area contributed by atoms with Crippen LogP contribution in [0.5, 0.6) is 5.75 Å². The Balaban J connectivity index is 1.52. The van der Waals surface area contributed by atoms with Gasteiger partial charge in [0.2, 0.25) is 0 Å². The van der Waals surface area contributed by atoms with Crippen molar-refractivity contribution >= 4 is 10.9 Å². The minimum absolute atomic E-state index is 0.120. The lowest BCUT2D eigenvalue weighted by atomic mass is 9.74. The molecule has 6 heterocycles. The molecule has 0 amide bonds. The molecule has 1 aromatic carbocycles. The minimum Gasteiger partial charge on any atom is -0.497 e. The van der Waals surface area contributed by atoms with Crippen LogP contribution in [0.3, 0.4) is 0 Å². The van der Waals surface area contributed by atoms with Gasteiger partial charge in [0, 0.05) is 54.2 Å². The Labute approximate surface area is 158 Å². The molecule has 7 rings (SSSR count). The van der Waals surface area contributed by atoms with Crippen molar-refractivity contribution in [2.75, 3.05) is 26.7 Å². The fourth-order valence-electron chi connectivity index (χ4n) is 5.75. The quantitative estimate of drug-likeness (QED) is 0.760. The number of aromatic amines is 1. The van der Waals surface area contributed by atoms with Crippen LogP contribution in [0.1, 0.15) is 35.8 Å². The first-order valence-corrected chi connectivity index (χ1v) is 9.90. The molecule has 1 N–H and O–H groups in total. The summed E-state index contributed by atoms with van der Waals surface area (Å²) >= 11 is 0. The SMILES string of the molecule is COc1ccc2[nH]c3c(c2c1)CCN1[C@@H](c2cccnc2)N2CCC31CC2. The van der Waals surface area contributed by atoms with Crippen LogP contribution in [0.4, 0.5) is 0 Å². The largest absolute Gasteiger partial charge is 0.497 e. The maximum Gasteiger partial charge on any atom is 0.119 e. The van der Waals surface area contributed by atoms with Crippen LogP contribution in [0.25, 0.3) is 10.9 Å². The van der Waals surface area contributed by atoms with E-state index in [1.54, 1.807) is 7.11 Å². The number of hydrogen-bond donors (Lipinski definition) is 1. The molecule has 0 radical (unpaired) electrons. The van der Waals surface area contributed by atoms with Gasteiger partial charge in [0.15, 0.2) is 0 Å². The number of methoxy groups -OCH3 is 1. The molecular formula is C22H24N4O. The second kappa shape index (κ2) is 5.57. The zero-order valence-corrected chi connectivity index (χ0v) is 15.6. The Morgan fingerprint density at radius 2 is 2.07 bits per heavy atom. The highest BCUT2D eigenvalue weighted by molar-refractivity contribution is 5.87. The molecule has 138 valence electrons. The van der Waals surface area contributed by atoms with E-state index in [0.29, 0.717) is 6.17 Å². The summed E-state index contributed by atoms with van der Waals surface area (Å²) in [6.07, 6.45) is 7.73. The lowest BCUT2D eigenvalue weighted by Gasteiger charge is -2.62. The number of ether oxygens (including phenoxy) is 1. The number of rotatable bonds is 2. The van der Waals surface area contributed by atoms with Crippen LogP contribution in [0.15, 0.2) is 42.7 Å². The zero-order valence-electron chi connectivity index (χ0n) is 15.6. The molecule has 0 saturated carbocycles. The van der Waals surface area contributed by atoms with E-state index in [9.17, 15) is 0 Å². The first-order valence-electron chi connectivity index (χ1n) is 9.90. The van der Waals surface area contributed by atoms with Gasteiger partial charge in [-0.05, 0) is 49.1 Å². The summed E-state index contributed by atoms with van der Waals surface area (Å²) in [6, 6.07) is 10.7. The third-order valence-electron chi connectivity index (χ3n) is 6.98. The van der Waals surface area contributed by atoms with Crippen molar-refractivity contribution in [3.63, 3.8) is 0 Å². The molecule has 2 aromatic heterocycles. The molecule has 1 atom stereocenters. The summed E-state index contributed by atoms with van der Waals surface area (Å²) in [5.41, 5.74) is 5.63. The van der Waals surface area contributed by atoms with Gasteiger partial charge in [-0.15, -0.1) is 0 Å². The van der Waals surface area contributed by atoms with Crippen molar-refractivity contribution < 1.29 is 4.74 Å². The van der Waals surface area contributed by atoms with Crippen molar-refractivity contribution in [1.29, 1.82) is 0 Å². The van der Waals surface area contributed by atoms with Crippen LogP contribution in [0, 0.1) is 0 Å². The maximum atomic E-state index is 5.49. The molecule has 3 aromatic rings. The van der Waals surface area contributed by atoms with Gasteiger partial charge >= 0.3 is 0 Å². The second-order valence-corrected chi connectivity index (χ2v) is 8.06. The minimum atomic E-state index is 0.120. The molecule has 4 aliphatic heterocycles. The number of H-pyrrole nitrogens is 1. The molecule has 2 bridgehead atoms. The monoisotopic (exact) mass is 360 g/mol. The van der Waals surface area contributed by atoms with Gasteiger partial charge in [0.25, 0.3) is 0 Å². The van der Waals surface area contributed by atoms with Crippen molar-refractivity contribution in [3.05, 3.63) is 59.5 Å². The van der Waals surface area contributed by atoms with Crippen LogP contribution >= 0.6 is 0 Å². The molecule has 3 saturated heterocycles. The third kappa shape index (κ3) is 2.04. The van der Waals surface area contributed by atoms with Crippen LogP contribution in [-0.4, -0.2) is 46.5 Å². The summed E-state index contributed by atoms with van der Waals surface area (Å²) in [5.74, 6) is 0.941. The highest BCUT2D eigenvalue weighted by Crippen LogP contribution is 2.53. The summed E-state index contributed by atoms with van der Waals surface area (Å²) < 4.78 is 5.49. The number of nitrogens with one attached hydrogen (secondary N) is 1. The number of fused-ring (bicyclic) bond motifs is 5. The van der Waals surface area contributed by atoms with Gasteiger partial charge in [-0.25, -0.2) is 0 Å². The molecule has 5 nitrogen and oxygen atoms in total. The number of piperidine rings is 1. The topological polar surface area (TPSA) is 44.4 Å². The number of hydrogen-bond acceptors (Lipinski definition) is 4. The summed E-state index contributed by atoms with van der Waals surface area (Å²) in [7, 11) is 1.75. The highest BCUT2D eigenvalue weighted by atomic mass is 16.5. The average Bonchev–Trinajstić information content (AvgIpc) is 3.13. The van der Waals surface area contributed by atoms with E-state index in [2.05, 4.69) is 50.1 Å². The molecule has 3 fully saturated rings. The molecule has 4 aliphatic rings. The zero-order chi connectivity index (χ0) is 18.0. The van der Waals surface area contributed by atoms with E-state index in [-0.39, 0.29) is 5.54 Å². The van der Waals surface area contributed by atoms with E-state index in [4.69, 9.17) is 4.74 Å². The van der Waals surface area contributed by atoms with Gasteiger partial charge in [-0.1, -0.05) is 6.07 Å². The Bertz CT molecular complexity index is 1000. The fraction of sp³-hybridized carbons (Fsp3) is 0.409. The Hall–Kier alpha value is -2.37. The van der Waals surface area contributed by atoms with Crippen molar-refractivity contribution in [3.8, 4) is 5.75 Å².